The molecule has 2 aromatic heterocycles. The summed E-state index contributed by atoms with van der Waals surface area (Å²) in [5.74, 6) is 1.57. The van der Waals surface area contributed by atoms with Crippen molar-refractivity contribution in [3.05, 3.63) is 48.7 Å². The third-order valence-electron chi connectivity index (χ3n) is 4.88. The van der Waals surface area contributed by atoms with Gasteiger partial charge < -0.3 is 14.1 Å². The van der Waals surface area contributed by atoms with Gasteiger partial charge in [-0.2, -0.15) is 0 Å². The average Bonchev–Trinajstić information content (AvgIpc) is 3.25. The number of anilines is 1. The van der Waals surface area contributed by atoms with Crippen molar-refractivity contribution in [3.63, 3.8) is 0 Å². The molecule has 0 atom stereocenters. The van der Waals surface area contributed by atoms with E-state index in [-0.39, 0.29) is 11.9 Å². The van der Waals surface area contributed by atoms with Crippen LogP contribution >= 0.6 is 0 Å². The molecular weight excluding hydrogens is 356 g/mol. The van der Waals surface area contributed by atoms with Crippen LogP contribution in [0.2, 0.25) is 0 Å². The van der Waals surface area contributed by atoms with Crippen molar-refractivity contribution in [2.45, 2.75) is 19.8 Å². The van der Waals surface area contributed by atoms with E-state index in [1.807, 2.05) is 49.4 Å². The predicted octanol–water partition coefficient (Wildman–Crippen LogP) is 3.58. The molecule has 1 aliphatic heterocycles. The molecule has 3 aromatic rings. The van der Waals surface area contributed by atoms with Crippen molar-refractivity contribution >= 4 is 11.8 Å². The number of hydrogen-bond donors (Lipinski definition) is 0. The molecule has 0 unspecified atom stereocenters. The maximum Gasteiger partial charge on any atom is 0.309 e. The van der Waals surface area contributed by atoms with Crippen molar-refractivity contribution in [1.82, 2.24) is 15.2 Å². The van der Waals surface area contributed by atoms with E-state index in [1.54, 1.807) is 6.20 Å². The highest BCUT2D eigenvalue weighted by Crippen LogP contribution is 2.32. The van der Waals surface area contributed by atoms with Crippen LogP contribution in [0.1, 0.15) is 19.8 Å². The van der Waals surface area contributed by atoms with Crippen LogP contribution < -0.4 is 4.90 Å². The van der Waals surface area contributed by atoms with Crippen LogP contribution in [0, 0.1) is 5.92 Å². The van der Waals surface area contributed by atoms with Crippen molar-refractivity contribution in [3.8, 4) is 22.9 Å². The summed E-state index contributed by atoms with van der Waals surface area (Å²) in [4.78, 5) is 18.7. The van der Waals surface area contributed by atoms with Gasteiger partial charge in [-0.15, -0.1) is 10.2 Å². The Morgan fingerprint density at radius 1 is 1.11 bits per heavy atom. The number of carbonyl (C=O) groups is 1. The first-order valence-electron chi connectivity index (χ1n) is 9.52. The lowest BCUT2D eigenvalue weighted by atomic mass is 9.96. The van der Waals surface area contributed by atoms with E-state index in [4.69, 9.17) is 9.15 Å². The summed E-state index contributed by atoms with van der Waals surface area (Å²) in [6.07, 6.45) is 3.24. The van der Waals surface area contributed by atoms with Crippen molar-refractivity contribution in [2.75, 3.05) is 24.6 Å². The minimum Gasteiger partial charge on any atom is -0.466 e. The fourth-order valence-electron chi connectivity index (χ4n) is 3.43. The number of aromatic nitrogens is 3. The third kappa shape index (κ3) is 3.74. The first-order valence-corrected chi connectivity index (χ1v) is 9.52. The quantitative estimate of drug-likeness (QED) is 0.628. The SMILES string of the molecule is CCOC(=O)C1CCN(c2ncccc2-c2nnc(-c3ccccc3)o2)CC1. The molecule has 4 rings (SSSR count). The lowest BCUT2D eigenvalue weighted by Crippen LogP contribution is -2.37. The number of rotatable bonds is 5. The van der Waals surface area contributed by atoms with Gasteiger partial charge in [0.05, 0.1) is 18.1 Å². The highest BCUT2D eigenvalue weighted by Gasteiger charge is 2.28. The second kappa shape index (κ2) is 8.21. The maximum absolute atomic E-state index is 12.0. The zero-order valence-electron chi connectivity index (χ0n) is 15.7. The molecule has 0 amide bonds. The van der Waals surface area contributed by atoms with Gasteiger partial charge in [0.1, 0.15) is 5.82 Å². The number of benzene rings is 1. The normalized spacial score (nSPS) is 14.8. The van der Waals surface area contributed by atoms with Crippen LogP contribution in [-0.4, -0.2) is 40.8 Å². The maximum atomic E-state index is 12.0. The summed E-state index contributed by atoms with van der Waals surface area (Å²) < 4.78 is 11.1. The number of nitrogens with zero attached hydrogens (tertiary/aromatic N) is 4. The Bertz CT molecular complexity index is 934. The highest BCUT2D eigenvalue weighted by molar-refractivity contribution is 5.74. The van der Waals surface area contributed by atoms with Crippen LogP contribution in [0.25, 0.3) is 22.9 Å². The van der Waals surface area contributed by atoms with Crippen molar-refractivity contribution < 1.29 is 13.9 Å². The number of pyridine rings is 1. The lowest BCUT2D eigenvalue weighted by Gasteiger charge is -2.32. The van der Waals surface area contributed by atoms with Gasteiger partial charge in [-0.1, -0.05) is 18.2 Å². The molecule has 0 radical (unpaired) electrons. The lowest BCUT2D eigenvalue weighted by molar-refractivity contribution is -0.148. The minimum atomic E-state index is -0.104. The molecule has 1 saturated heterocycles. The van der Waals surface area contributed by atoms with E-state index >= 15 is 0 Å². The zero-order chi connectivity index (χ0) is 19.3. The second-order valence-corrected chi connectivity index (χ2v) is 6.67. The predicted molar refractivity (Wildman–Crippen MR) is 105 cm³/mol. The van der Waals surface area contributed by atoms with E-state index in [2.05, 4.69) is 20.1 Å². The first kappa shape index (κ1) is 18.2. The highest BCUT2D eigenvalue weighted by atomic mass is 16.5. The monoisotopic (exact) mass is 378 g/mol. The molecule has 7 heteroatoms. The van der Waals surface area contributed by atoms with Crippen molar-refractivity contribution in [1.29, 1.82) is 0 Å². The minimum absolute atomic E-state index is 0.0450. The Morgan fingerprint density at radius 3 is 2.61 bits per heavy atom. The molecule has 1 aliphatic rings. The zero-order valence-corrected chi connectivity index (χ0v) is 15.7. The van der Waals surface area contributed by atoms with Gasteiger partial charge in [0, 0.05) is 24.8 Å². The van der Waals surface area contributed by atoms with Gasteiger partial charge in [0.2, 0.25) is 5.89 Å². The number of esters is 1. The molecule has 7 nitrogen and oxygen atoms in total. The number of ether oxygens (including phenoxy) is 1. The van der Waals surface area contributed by atoms with Crippen LogP contribution in [0.3, 0.4) is 0 Å². The molecule has 144 valence electrons. The molecule has 0 spiro atoms. The topological polar surface area (TPSA) is 81.4 Å². The molecule has 0 aliphatic carbocycles. The standard InChI is InChI=1S/C21H22N4O3/c1-2-27-21(26)16-10-13-25(14-11-16)18-17(9-6-12-22-18)20-24-23-19(28-20)15-7-4-3-5-8-15/h3-9,12,16H,2,10-11,13-14H2,1H3. The van der Waals surface area contributed by atoms with Gasteiger partial charge in [0.15, 0.2) is 0 Å². The average molecular weight is 378 g/mol. The number of piperidine rings is 1. The smallest absolute Gasteiger partial charge is 0.309 e. The van der Waals surface area contributed by atoms with Crippen LogP contribution in [0.15, 0.2) is 53.1 Å². The Hall–Kier alpha value is -3.22. The second-order valence-electron chi connectivity index (χ2n) is 6.67. The van der Waals surface area contributed by atoms with Gasteiger partial charge >= 0.3 is 5.97 Å². The Morgan fingerprint density at radius 2 is 1.86 bits per heavy atom. The van der Waals surface area contributed by atoms with Gasteiger partial charge in [-0.25, -0.2) is 4.98 Å². The van der Waals surface area contributed by atoms with E-state index in [9.17, 15) is 4.79 Å². The number of hydrogen-bond acceptors (Lipinski definition) is 7. The molecular formula is C21H22N4O3. The summed E-state index contributed by atoms with van der Waals surface area (Å²) in [6, 6.07) is 13.5. The molecule has 1 fully saturated rings. The van der Waals surface area contributed by atoms with Crippen LogP contribution in [-0.2, 0) is 9.53 Å². The van der Waals surface area contributed by atoms with Crippen LogP contribution in [0.5, 0.6) is 0 Å². The summed E-state index contributed by atoms with van der Waals surface area (Å²) in [7, 11) is 0. The molecule has 28 heavy (non-hydrogen) atoms. The van der Waals surface area contributed by atoms with Gasteiger partial charge in [-0.3, -0.25) is 4.79 Å². The third-order valence-corrected chi connectivity index (χ3v) is 4.88. The molecule has 0 bridgehead atoms. The number of carbonyl (C=O) groups excluding carboxylic acids is 1. The van der Waals surface area contributed by atoms with E-state index in [1.165, 1.54) is 0 Å². The Labute approximate surface area is 163 Å². The first-order chi connectivity index (χ1) is 13.8. The fourth-order valence-corrected chi connectivity index (χ4v) is 3.43. The fraction of sp³-hybridized carbons (Fsp3) is 0.333. The van der Waals surface area contributed by atoms with Gasteiger partial charge in [0.25, 0.3) is 5.89 Å². The summed E-state index contributed by atoms with van der Waals surface area (Å²) in [6.45, 7) is 3.71. The van der Waals surface area contributed by atoms with E-state index in [0.29, 0.717) is 18.4 Å². The van der Waals surface area contributed by atoms with Gasteiger partial charge in [-0.05, 0) is 44.0 Å². The van der Waals surface area contributed by atoms with E-state index in [0.717, 1.165) is 42.9 Å². The summed E-state index contributed by atoms with van der Waals surface area (Å²) in [5, 5.41) is 8.41. The Kier molecular flexibility index (Phi) is 5.32. The molecule has 0 N–H and O–H groups in total. The molecule has 0 saturated carbocycles. The Balaban J connectivity index is 1.54. The largest absolute Gasteiger partial charge is 0.466 e. The van der Waals surface area contributed by atoms with Crippen LogP contribution in [0.4, 0.5) is 5.82 Å². The van der Waals surface area contributed by atoms with Crippen molar-refractivity contribution in [2.24, 2.45) is 5.92 Å². The summed E-state index contributed by atoms with van der Waals surface area (Å²) >= 11 is 0. The summed E-state index contributed by atoms with van der Waals surface area (Å²) in [5.41, 5.74) is 1.67. The van der Waals surface area contributed by atoms with E-state index < -0.39 is 0 Å². The molecule has 3 heterocycles. The molecule has 1 aromatic carbocycles.